The van der Waals surface area contributed by atoms with Gasteiger partial charge in [0, 0.05) is 18.9 Å². The molecule has 0 N–H and O–H groups in total. The molecule has 1 aromatic heterocycles. The predicted molar refractivity (Wildman–Crippen MR) is 69.9 cm³/mol. The molecule has 0 spiro atoms. The van der Waals surface area contributed by atoms with E-state index in [2.05, 4.69) is 4.98 Å². The Morgan fingerprint density at radius 1 is 1.45 bits per heavy atom. The van der Waals surface area contributed by atoms with Crippen LogP contribution in [0.3, 0.4) is 0 Å². The molecule has 2 heterocycles. The Balaban J connectivity index is 2.12. The van der Waals surface area contributed by atoms with Crippen LogP contribution in [0.1, 0.15) is 19.3 Å². The van der Waals surface area contributed by atoms with Crippen molar-refractivity contribution in [3.05, 3.63) is 28.9 Å². The summed E-state index contributed by atoms with van der Waals surface area (Å²) in [5.41, 5.74) is -0.479. The number of carbonyl (C=O) groups is 2. The lowest BCUT2D eigenvalue weighted by molar-refractivity contribution is -0.154. The largest absolute Gasteiger partial charge is 0.467 e. The van der Waals surface area contributed by atoms with Crippen molar-refractivity contribution in [1.82, 2.24) is 14.5 Å². The summed E-state index contributed by atoms with van der Waals surface area (Å²) in [6.07, 6.45) is 5.21. The van der Waals surface area contributed by atoms with Crippen molar-refractivity contribution in [3.8, 4) is 0 Å². The summed E-state index contributed by atoms with van der Waals surface area (Å²) in [4.78, 5) is 40.6. The van der Waals surface area contributed by atoms with E-state index in [0.29, 0.717) is 13.0 Å². The van der Waals surface area contributed by atoms with Crippen molar-refractivity contribution >= 4 is 11.9 Å². The van der Waals surface area contributed by atoms with Gasteiger partial charge in [0.1, 0.15) is 12.6 Å². The van der Waals surface area contributed by atoms with Crippen molar-refractivity contribution in [2.75, 3.05) is 13.7 Å². The highest BCUT2D eigenvalue weighted by atomic mass is 16.5. The van der Waals surface area contributed by atoms with E-state index in [-0.39, 0.29) is 12.5 Å². The van der Waals surface area contributed by atoms with Crippen LogP contribution in [0.25, 0.3) is 0 Å². The highest BCUT2D eigenvalue weighted by molar-refractivity contribution is 5.84. The predicted octanol–water partition coefficient (Wildman–Crippen LogP) is -0.203. The molecular formula is C13H17N3O4. The third-order valence-electron chi connectivity index (χ3n) is 3.38. The average Bonchev–Trinajstić information content (AvgIpc) is 2.48. The number of hydrogen-bond acceptors (Lipinski definition) is 5. The number of aromatic nitrogens is 2. The minimum Gasteiger partial charge on any atom is -0.467 e. The van der Waals surface area contributed by atoms with Gasteiger partial charge in [-0.05, 0) is 25.3 Å². The van der Waals surface area contributed by atoms with Gasteiger partial charge in [0.25, 0.3) is 0 Å². The van der Waals surface area contributed by atoms with E-state index in [1.54, 1.807) is 6.07 Å². The van der Waals surface area contributed by atoms with Gasteiger partial charge in [0.2, 0.25) is 5.91 Å². The number of hydrogen-bond donors (Lipinski definition) is 0. The quantitative estimate of drug-likeness (QED) is 0.716. The first-order valence-electron chi connectivity index (χ1n) is 6.52. The third-order valence-corrected chi connectivity index (χ3v) is 3.38. The molecule has 20 heavy (non-hydrogen) atoms. The summed E-state index contributed by atoms with van der Waals surface area (Å²) in [6.45, 7) is 0.397. The minimum atomic E-state index is -0.548. The van der Waals surface area contributed by atoms with Gasteiger partial charge < -0.3 is 9.64 Å². The van der Waals surface area contributed by atoms with Gasteiger partial charge in [-0.2, -0.15) is 0 Å². The number of methoxy groups -OCH3 is 1. The molecule has 1 aromatic rings. The van der Waals surface area contributed by atoms with Gasteiger partial charge in [-0.1, -0.05) is 0 Å². The number of piperidine rings is 1. The van der Waals surface area contributed by atoms with Crippen molar-refractivity contribution in [3.63, 3.8) is 0 Å². The molecule has 1 fully saturated rings. The molecular weight excluding hydrogens is 262 g/mol. The lowest BCUT2D eigenvalue weighted by Gasteiger charge is -2.33. The topological polar surface area (TPSA) is 81.5 Å². The average molecular weight is 279 g/mol. The maximum atomic E-state index is 12.3. The number of amides is 1. The van der Waals surface area contributed by atoms with E-state index in [9.17, 15) is 14.4 Å². The fourth-order valence-electron chi connectivity index (χ4n) is 2.36. The number of carbonyl (C=O) groups excluding carboxylic acids is 2. The van der Waals surface area contributed by atoms with Crippen LogP contribution in [0, 0.1) is 0 Å². The Morgan fingerprint density at radius 2 is 2.25 bits per heavy atom. The number of nitrogens with zero attached hydrogens (tertiary/aromatic N) is 3. The second-order valence-electron chi connectivity index (χ2n) is 4.65. The van der Waals surface area contributed by atoms with Crippen LogP contribution in [0.4, 0.5) is 0 Å². The molecule has 0 saturated carbocycles. The monoisotopic (exact) mass is 279 g/mol. The summed E-state index contributed by atoms with van der Waals surface area (Å²) >= 11 is 0. The first kappa shape index (κ1) is 14.2. The molecule has 1 saturated heterocycles. The lowest BCUT2D eigenvalue weighted by Crippen LogP contribution is -2.50. The number of rotatable bonds is 3. The Labute approximate surface area is 116 Å². The number of esters is 1. The summed E-state index contributed by atoms with van der Waals surface area (Å²) in [5.74, 6) is -0.674. The summed E-state index contributed by atoms with van der Waals surface area (Å²) in [6, 6.07) is 1.04. The minimum absolute atomic E-state index is 0.111. The molecule has 7 heteroatoms. The molecule has 0 radical (unpaired) electrons. The molecule has 0 bridgehead atoms. The van der Waals surface area contributed by atoms with Gasteiger partial charge in [-0.3, -0.25) is 9.36 Å². The molecule has 0 aliphatic carbocycles. The van der Waals surface area contributed by atoms with E-state index in [4.69, 9.17) is 4.74 Å². The highest BCUT2D eigenvalue weighted by Gasteiger charge is 2.32. The van der Waals surface area contributed by atoms with Crippen LogP contribution in [0.15, 0.2) is 23.3 Å². The van der Waals surface area contributed by atoms with Crippen LogP contribution < -0.4 is 5.69 Å². The number of likely N-dealkylation sites (tertiary alicyclic amines) is 1. The Hall–Kier alpha value is -2.18. The first-order valence-corrected chi connectivity index (χ1v) is 6.52. The molecule has 1 aliphatic rings. The zero-order chi connectivity index (χ0) is 14.5. The second-order valence-corrected chi connectivity index (χ2v) is 4.65. The van der Waals surface area contributed by atoms with Crippen LogP contribution >= 0.6 is 0 Å². The fraction of sp³-hybridized carbons (Fsp3) is 0.538. The van der Waals surface area contributed by atoms with Gasteiger partial charge >= 0.3 is 11.7 Å². The molecule has 0 aromatic carbocycles. The van der Waals surface area contributed by atoms with Crippen molar-refractivity contribution in [2.24, 2.45) is 0 Å². The normalized spacial score (nSPS) is 18.6. The third kappa shape index (κ3) is 3.04. The van der Waals surface area contributed by atoms with E-state index >= 15 is 0 Å². The Morgan fingerprint density at radius 3 is 2.95 bits per heavy atom. The highest BCUT2D eigenvalue weighted by Crippen LogP contribution is 2.18. The van der Waals surface area contributed by atoms with Crippen molar-refractivity contribution in [2.45, 2.75) is 31.8 Å². The molecule has 2 rings (SSSR count). The lowest BCUT2D eigenvalue weighted by atomic mass is 10.0. The van der Waals surface area contributed by atoms with Crippen LogP contribution in [-0.2, 0) is 20.9 Å². The summed E-state index contributed by atoms with van der Waals surface area (Å²) < 4.78 is 5.96. The smallest absolute Gasteiger partial charge is 0.347 e. The first-order chi connectivity index (χ1) is 9.63. The Kier molecular flexibility index (Phi) is 4.49. The van der Waals surface area contributed by atoms with E-state index in [1.807, 2.05) is 0 Å². The number of ether oxygens (including phenoxy) is 1. The zero-order valence-corrected chi connectivity index (χ0v) is 11.3. The maximum Gasteiger partial charge on any atom is 0.347 e. The molecule has 1 unspecified atom stereocenters. The molecule has 1 aliphatic heterocycles. The van der Waals surface area contributed by atoms with Gasteiger partial charge in [0.05, 0.1) is 7.11 Å². The standard InChI is InChI=1S/C13H17N3O4/c1-20-12(18)10-5-2-3-8-16(10)11(17)9-15-7-4-6-14-13(15)19/h4,6-7,10H,2-3,5,8-9H2,1H3. The van der Waals surface area contributed by atoms with Crippen molar-refractivity contribution in [1.29, 1.82) is 0 Å². The van der Waals surface area contributed by atoms with E-state index in [0.717, 1.165) is 12.8 Å². The van der Waals surface area contributed by atoms with Gasteiger partial charge in [-0.25, -0.2) is 14.6 Å². The zero-order valence-electron chi connectivity index (χ0n) is 11.3. The van der Waals surface area contributed by atoms with Gasteiger partial charge in [0.15, 0.2) is 0 Å². The van der Waals surface area contributed by atoms with Crippen LogP contribution in [0.2, 0.25) is 0 Å². The molecule has 1 amide bonds. The Bertz CT molecular complexity index is 555. The van der Waals surface area contributed by atoms with Crippen LogP contribution in [-0.4, -0.2) is 46.0 Å². The molecule has 108 valence electrons. The molecule has 1 atom stereocenters. The molecule has 7 nitrogen and oxygen atoms in total. The van der Waals surface area contributed by atoms with Gasteiger partial charge in [-0.15, -0.1) is 0 Å². The van der Waals surface area contributed by atoms with Crippen molar-refractivity contribution < 1.29 is 14.3 Å². The maximum absolute atomic E-state index is 12.3. The fourth-order valence-corrected chi connectivity index (χ4v) is 2.36. The van der Waals surface area contributed by atoms with E-state index in [1.165, 1.54) is 29.0 Å². The summed E-state index contributed by atoms with van der Waals surface area (Å²) in [5, 5.41) is 0. The second kappa shape index (κ2) is 6.31. The SMILES string of the molecule is COC(=O)C1CCCCN1C(=O)Cn1cccnc1=O. The summed E-state index contributed by atoms with van der Waals surface area (Å²) in [7, 11) is 1.31. The van der Waals surface area contributed by atoms with Crippen LogP contribution in [0.5, 0.6) is 0 Å². The van der Waals surface area contributed by atoms with E-state index < -0.39 is 17.7 Å².